The smallest absolute Gasteiger partial charge is 0.333 e. The number of aromatic hydroxyl groups is 1. The van der Waals surface area contributed by atoms with Gasteiger partial charge in [0.15, 0.2) is 0 Å². The number of phenolic OH excluding ortho intramolecular Hbond substituents is 1. The van der Waals surface area contributed by atoms with Crippen LogP contribution in [0.25, 0.3) is 16.7 Å². The van der Waals surface area contributed by atoms with Crippen molar-refractivity contribution in [3.8, 4) is 11.4 Å². The summed E-state index contributed by atoms with van der Waals surface area (Å²) in [6.07, 6.45) is 1.41. The predicted octanol–water partition coefficient (Wildman–Crippen LogP) is 4.30. The van der Waals surface area contributed by atoms with E-state index in [2.05, 4.69) is 30.6 Å². The first kappa shape index (κ1) is 19.6. The van der Waals surface area contributed by atoms with E-state index in [1.54, 1.807) is 6.92 Å². The van der Waals surface area contributed by atoms with Crippen LogP contribution in [0.2, 0.25) is 0 Å². The van der Waals surface area contributed by atoms with Crippen LogP contribution in [0.4, 0.5) is 0 Å². The van der Waals surface area contributed by atoms with Crippen molar-refractivity contribution in [2.75, 3.05) is 6.61 Å². The fraction of sp³-hybridized carbons (Fsp3) is 0.318. The van der Waals surface area contributed by atoms with E-state index in [0.29, 0.717) is 17.7 Å². The van der Waals surface area contributed by atoms with E-state index in [1.807, 2.05) is 36.4 Å². The zero-order valence-electron chi connectivity index (χ0n) is 16.5. The molecule has 0 aliphatic rings. The third kappa shape index (κ3) is 4.06. The van der Waals surface area contributed by atoms with Gasteiger partial charge in [-0.15, -0.1) is 15.0 Å². The number of rotatable bonds is 7. The lowest BCUT2D eigenvalue weighted by Gasteiger charge is -2.16. The molecule has 0 aliphatic heterocycles. The van der Waals surface area contributed by atoms with Gasteiger partial charge in [0.25, 0.3) is 0 Å². The van der Waals surface area contributed by atoms with Crippen LogP contribution in [0.3, 0.4) is 0 Å². The number of nitrogens with zero attached hydrogens (tertiary/aromatic N) is 3. The van der Waals surface area contributed by atoms with E-state index in [4.69, 9.17) is 4.74 Å². The fourth-order valence-electron chi connectivity index (χ4n) is 2.95. The molecule has 0 fully saturated rings. The normalized spacial score (nSPS) is 12.1. The number of aromatic nitrogens is 3. The highest BCUT2D eigenvalue weighted by Gasteiger charge is 2.18. The molecule has 0 spiro atoms. The minimum Gasteiger partial charge on any atom is -0.505 e. The van der Waals surface area contributed by atoms with Crippen molar-refractivity contribution >= 4 is 17.0 Å². The van der Waals surface area contributed by atoms with Gasteiger partial charge in [-0.05, 0) is 48.6 Å². The van der Waals surface area contributed by atoms with E-state index in [9.17, 15) is 9.90 Å². The van der Waals surface area contributed by atoms with E-state index >= 15 is 0 Å². The summed E-state index contributed by atoms with van der Waals surface area (Å²) in [6, 6.07) is 11.4. The monoisotopic (exact) mass is 379 g/mol. The lowest BCUT2D eigenvalue weighted by atomic mass is 9.94. The number of hydrogen-bond donors (Lipinski definition) is 1. The molecule has 0 saturated carbocycles. The number of carbonyl (C=O) groups is 1. The first-order valence-corrected chi connectivity index (χ1v) is 9.41. The van der Waals surface area contributed by atoms with Gasteiger partial charge in [0.2, 0.25) is 0 Å². The number of carbonyl (C=O) groups excluding carboxylic acids is 1. The molecule has 6 heteroatoms. The van der Waals surface area contributed by atoms with Gasteiger partial charge < -0.3 is 9.84 Å². The summed E-state index contributed by atoms with van der Waals surface area (Å²) in [5.74, 6) is -0.0554. The molecule has 0 bridgehead atoms. The molecule has 6 nitrogen and oxygen atoms in total. The number of ether oxygens (including phenoxy) is 1. The van der Waals surface area contributed by atoms with Gasteiger partial charge in [-0.3, -0.25) is 0 Å². The van der Waals surface area contributed by atoms with Gasteiger partial charge >= 0.3 is 5.97 Å². The van der Waals surface area contributed by atoms with E-state index < -0.39 is 5.97 Å². The lowest BCUT2D eigenvalue weighted by Crippen LogP contribution is -2.09. The molecule has 146 valence electrons. The SMILES string of the molecule is C=C(C)C(=O)OCCc1cc(C(C)CC)c(O)c(-n2nc3ccccc3n2)c1. The molecule has 1 heterocycles. The molecular weight excluding hydrogens is 354 g/mol. The van der Waals surface area contributed by atoms with Crippen molar-refractivity contribution in [3.63, 3.8) is 0 Å². The Balaban J connectivity index is 1.98. The van der Waals surface area contributed by atoms with E-state index in [1.165, 1.54) is 4.80 Å². The summed E-state index contributed by atoms with van der Waals surface area (Å²) in [7, 11) is 0. The maximum absolute atomic E-state index is 11.6. The van der Waals surface area contributed by atoms with Gasteiger partial charge in [0.05, 0.1) is 6.61 Å². The van der Waals surface area contributed by atoms with Crippen molar-refractivity contribution in [1.82, 2.24) is 15.0 Å². The molecular formula is C22H25N3O3. The van der Waals surface area contributed by atoms with Gasteiger partial charge in [-0.1, -0.05) is 38.6 Å². The zero-order chi connectivity index (χ0) is 20.3. The summed E-state index contributed by atoms with van der Waals surface area (Å²) in [4.78, 5) is 13.1. The third-order valence-corrected chi connectivity index (χ3v) is 4.80. The Labute approximate surface area is 164 Å². The quantitative estimate of drug-likeness (QED) is 0.489. The van der Waals surface area contributed by atoms with Crippen LogP contribution in [-0.2, 0) is 16.0 Å². The first-order valence-electron chi connectivity index (χ1n) is 9.41. The molecule has 1 N–H and O–H groups in total. The summed E-state index contributed by atoms with van der Waals surface area (Å²) >= 11 is 0. The minimum absolute atomic E-state index is 0.168. The second kappa shape index (κ2) is 8.25. The molecule has 0 saturated heterocycles. The van der Waals surface area contributed by atoms with Crippen molar-refractivity contribution in [2.24, 2.45) is 0 Å². The van der Waals surface area contributed by atoms with Crippen molar-refractivity contribution < 1.29 is 14.6 Å². The highest BCUT2D eigenvalue weighted by Crippen LogP contribution is 2.34. The number of fused-ring (bicyclic) bond motifs is 1. The maximum atomic E-state index is 11.6. The molecule has 1 aromatic heterocycles. The van der Waals surface area contributed by atoms with Gasteiger partial charge in [0, 0.05) is 12.0 Å². The van der Waals surface area contributed by atoms with Crippen LogP contribution in [-0.4, -0.2) is 32.7 Å². The van der Waals surface area contributed by atoms with Crippen molar-refractivity contribution in [2.45, 2.75) is 39.5 Å². The number of hydrogen-bond acceptors (Lipinski definition) is 5. The van der Waals surface area contributed by atoms with Crippen LogP contribution < -0.4 is 0 Å². The second-order valence-electron chi connectivity index (χ2n) is 7.01. The zero-order valence-corrected chi connectivity index (χ0v) is 16.5. The molecule has 0 amide bonds. The predicted molar refractivity (Wildman–Crippen MR) is 109 cm³/mol. The topological polar surface area (TPSA) is 77.2 Å². The first-order chi connectivity index (χ1) is 13.4. The molecule has 0 aliphatic carbocycles. The van der Waals surface area contributed by atoms with Gasteiger partial charge in [-0.2, -0.15) is 0 Å². The number of phenols is 1. The highest BCUT2D eigenvalue weighted by molar-refractivity contribution is 5.86. The molecule has 2 aromatic carbocycles. The largest absolute Gasteiger partial charge is 0.505 e. The summed E-state index contributed by atoms with van der Waals surface area (Å²) in [5, 5.41) is 19.9. The number of benzene rings is 2. The average Bonchev–Trinajstić information content (AvgIpc) is 3.12. The van der Waals surface area contributed by atoms with Crippen LogP contribution in [0, 0.1) is 0 Å². The fourth-order valence-corrected chi connectivity index (χ4v) is 2.95. The molecule has 1 atom stereocenters. The standard InChI is InChI=1S/C22H25N3O3/c1-5-15(4)17-12-16(10-11-28-22(27)14(2)3)13-20(21(17)26)25-23-18-8-6-7-9-19(18)24-25/h6-9,12-13,15,26H,2,5,10-11H2,1,3-4H3. The van der Waals surface area contributed by atoms with E-state index in [-0.39, 0.29) is 18.3 Å². The van der Waals surface area contributed by atoms with Gasteiger partial charge in [-0.25, -0.2) is 4.79 Å². The third-order valence-electron chi connectivity index (χ3n) is 4.80. The summed E-state index contributed by atoms with van der Waals surface area (Å²) < 4.78 is 5.22. The Hall–Kier alpha value is -3.15. The van der Waals surface area contributed by atoms with Crippen LogP contribution >= 0.6 is 0 Å². The van der Waals surface area contributed by atoms with Crippen LogP contribution in [0.5, 0.6) is 5.75 Å². The minimum atomic E-state index is -0.402. The number of esters is 1. The molecule has 3 aromatic rings. The lowest BCUT2D eigenvalue weighted by molar-refractivity contribution is -0.138. The van der Waals surface area contributed by atoms with E-state index in [0.717, 1.165) is 28.6 Å². The Kier molecular flexibility index (Phi) is 5.78. The molecule has 28 heavy (non-hydrogen) atoms. The molecule has 0 radical (unpaired) electrons. The average molecular weight is 379 g/mol. The summed E-state index contributed by atoms with van der Waals surface area (Å²) in [5.41, 5.74) is 4.19. The maximum Gasteiger partial charge on any atom is 0.333 e. The Bertz CT molecular complexity index is 990. The van der Waals surface area contributed by atoms with Gasteiger partial charge in [0.1, 0.15) is 22.5 Å². The molecule has 3 rings (SSSR count). The van der Waals surface area contributed by atoms with Crippen LogP contribution in [0.1, 0.15) is 44.2 Å². The highest BCUT2D eigenvalue weighted by atomic mass is 16.5. The summed E-state index contributed by atoms with van der Waals surface area (Å²) in [6.45, 7) is 9.59. The van der Waals surface area contributed by atoms with Crippen molar-refractivity contribution in [3.05, 3.63) is 59.7 Å². The van der Waals surface area contributed by atoms with Crippen molar-refractivity contribution in [1.29, 1.82) is 0 Å². The Morgan fingerprint density at radius 2 is 1.89 bits per heavy atom. The second-order valence-corrected chi connectivity index (χ2v) is 7.01. The van der Waals surface area contributed by atoms with Crippen LogP contribution in [0.15, 0.2) is 48.6 Å². The Morgan fingerprint density at radius 1 is 1.25 bits per heavy atom. The Morgan fingerprint density at radius 3 is 2.46 bits per heavy atom. The molecule has 1 unspecified atom stereocenters.